The lowest BCUT2D eigenvalue weighted by Gasteiger charge is -2.09. The van der Waals surface area contributed by atoms with Crippen LogP contribution < -0.4 is 14.8 Å². The first-order chi connectivity index (χ1) is 11.1. The van der Waals surface area contributed by atoms with Crippen LogP contribution >= 0.6 is 0 Å². The first-order valence-corrected chi connectivity index (χ1v) is 7.74. The molecule has 122 valence electrons. The molecular weight excluding hydrogens is 290 g/mol. The average Bonchev–Trinajstić information content (AvgIpc) is 2.54. The van der Waals surface area contributed by atoms with Crippen LogP contribution in [0.15, 0.2) is 42.5 Å². The summed E-state index contributed by atoms with van der Waals surface area (Å²) in [6.45, 7) is 5.05. The molecule has 0 spiro atoms. The Morgan fingerprint density at radius 2 is 1.96 bits per heavy atom. The van der Waals surface area contributed by atoms with Gasteiger partial charge in [0.1, 0.15) is 11.5 Å². The van der Waals surface area contributed by atoms with Crippen LogP contribution in [0.4, 0.5) is 0 Å². The minimum atomic E-state index is -0.00335. The fourth-order valence-corrected chi connectivity index (χ4v) is 2.41. The van der Waals surface area contributed by atoms with Crippen LogP contribution in [-0.2, 0) is 17.8 Å². The summed E-state index contributed by atoms with van der Waals surface area (Å²) in [5.74, 6) is 1.66. The Morgan fingerprint density at radius 1 is 1.13 bits per heavy atom. The van der Waals surface area contributed by atoms with Crippen molar-refractivity contribution in [2.75, 3.05) is 13.7 Å². The molecule has 4 nitrogen and oxygen atoms in total. The minimum Gasteiger partial charge on any atom is -0.496 e. The molecule has 0 atom stereocenters. The summed E-state index contributed by atoms with van der Waals surface area (Å²) in [5.41, 5.74) is 3.03. The van der Waals surface area contributed by atoms with Gasteiger partial charge in [0, 0.05) is 6.54 Å². The summed E-state index contributed by atoms with van der Waals surface area (Å²) < 4.78 is 10.7. The maximum absolute atomic E-state index is 12.1. The highest BCUT2D eigenvalue weighted by Crippen LogP contribution is 2.18. The smallest absolute Gasteiger partial charge is 0.224 e. The molecule has 0 fully saturated rings. The highest BCUT2D eigenvalue weighted by Gasteiger charge is 2.06. The van der Waals surface area contributed by atoms with Crippen LogP contribution in [0.25, 0.3) is 0 Å². The third kappa shape index (κ3) is 5.02. The van der Waals surface area contributed by atoms with Crippen molar-refractivity contribution in [1.82, 2.24) is 5.32 Å². The Bertz CT molecular complexity index is 667. The fraction of sp³-hybridized carbons (Fsp3) is 0.316. The second-order valence-electron chi connectivity index (χ2n) is 5.34. The van der Waals surface area contributed by atoms with Crippen LogP contribution in [0.2, 0.25) is 0 Å². The number of amides is 1. The highest BCUT2D eigenvalue weighted by atomic mass is 16.5. The van der Waals surface area contributed by atoms with Crippen molar-refractivity contribution in [3.8, 4) is 11.5 Å². The number of carbonyl (C=O) groups is 1. The monoisotopic (exact) mass is 313 g/mol. The zero-order valence-electron chi connectivity index (χ0n) is 13.9. The average molecular weight is 313 g/mol. The largest absolute Gasteiger partial charge is 0.496 e. The van der Waals surface area contributed by atoms with Gasteiger partial charge in [0.2, 0.25) is 5.91 Å². The predicted octanol–water partition coefficient (Wildman–Crippen LogP) is 3.26. The normalized spacial score (nSPS) is 10.2. The number of hydrogen-bond donors (Lipinski definition) is 1. The Kier molecular flexibility index (Phi) is 6.03. The standard InChI is InChI=1S/C19H23NO3/c1-4-23-17-7-5-6-16(11-17)13-20-19(21)12-15-8-9-18(22-3)14(2)10-15/h5-11H,4,12-13H2,1-3H3,(H,20,21). The van der Waals surface area contributed by atoms with Crippen LogP contribution in [0.3, 0.4) is 0 Å². The molecule has 0 saturated heterocycles. The van der Waals surface area contributed by atoms with Gasteiger partial charge in [0.25, 0.3) is 0 Å². The van der Waals surface area contributed by atoms with Gasteiger partial charge >= 0.3 is 0 Å². The SMILES string of the molecule is CCOc1cccc(CNC(=O)Cc2ccc(OC)c(C)c2)c1. The summed E-state index contributed by atoms with van der Waals surface area (Å²) in [6, 6.07) is 13.6. The molecule has 2 aromatic rings. The van der Waals surface area contributed by atoms with E-state index in [1.807, 2.05) is 56.3 Å². The van der Waals surface area contributed by atoms with Crippen molar-refractivity contribution in [2.45, 2.75) is 26.8 Å². The van der Waals surface area contributed by atoms with E-state index in [2.05, 4.69) is 5.32 Å². The molecule has 0 aliphatic carbocycles. The fourth-order valence-electron chi connectivity index (χ4n) is 2.41. The second-order valence-corrected chi connectivity index (χ2v) is 5.34. The third-order valence-corrected chi connectivity index (χ3v) is 3.52. The molecule has 0 radical (unpaired) electrons. The number of aryl methyl sites for hydroxylation is 1. The molecule has 1 amide bonds. The molecule has 0 unspecified atom stereocenters. The van der Waals surface area contributed by atoms with E-state index in [0.29, 0.717) is 19.6 Å². The number of benzene rings is 2. The van der Waals surface area contributed by atoms with Gasteiger partial charge in [-0.1, -0.05) is 24.3 Å². The maximum atomic E-state index is 12.1. The molecule has 2 aromatic carbocycles. The second kappa shape index (κ2) is 8.22. The van der Waals surface area contributed by atoms with Crippen LogP contribution in [0.5, 0.6) is 11.5 Å². The molecule has 0 bridgehead atoms. The molecule has 1 N–H and O–H groups in total. The number of carbonyl (C=O) groups excluding carboxylic acids is 1. The van der Waals surface area contributed by atoms with E-state index in [-0.39, 0.29) is 5.91 Å². The lowest BCUT2D eigenvalue weighted by Crippen LogP contribution is -2.24. The minimum absolute atomic E-state index is 0.00335. The summed E-state index contributed by atoms with van der Waals surface area (Å²) >= 11 is 0. The van der Waals surface area contributed by atoms with E-state index in [0.717, 1.165) is 28.2 Å². The Balaban J connectivity index is 1.90. The van der Waals surface area contributed by atoms with Gasteiger partial charge in [0.05, 0.1) is 20.1 Å². The van der Waals surface area contributed by atoms with E-state index in [1.54, 1.807) is 7.11 Å². The number of nitrogens with one attached hydrogen (secondary N) is 1. The summed E-state index contributed by atoms with van der Waals surface area (Å²) in [6.07, 6.45) is 0.357. The van der Waals surface area contributed by atoms with Crippen molar-refractivity contribution in [2.24, 2.45) is 0 Å². The number of hydrogen-bond acceptors (Lipinski definition) is 3. The first-order valence-electron chi connectivity index (χ1n) is 7.74. The van der Waals surface area contributed by atoms with Crippen molar-refractivity contribution < 1.29 is 14.3 Å². The summed E-state index contributed by atoms with van der Waals surface area (Å²) in [5, 5.41) is 2.94. The Morgan fingerprint density at radius 3 is 2.65 bits per heavy atom. The molecule has 0 saturated carbocycles. The lowest BCUT2D eigenvalue weighted by molar-refractivity contribution is -0.120. The van der Waals surface area contributed by atoms with Crippen LogP contribution in [0.1, 0.15) is 23.6 Å². The summed E-state index contributed by atoms with van der Waals surface area (Å²) in [4.78, 5) is 12.1. The third-order valence-electron chi connectivity index (χ3n) is 3.52. The molecule has 4 heteroatoms. The first kappa shape index (κ1) is 16.9. The van der Waals surface area contributed by atoms with Crippen LogP contribution in [0, 0.1) is 6.92 Å². The highest BCUT2D eigenvalue weighted by molar-refractivity contribution is 5.78. The molecular formula is C19H23NO3. The predicted molar refractivity (Wildman–Crippen MR) is 90.9 cm³/mol. The van der Waals surface area contributed by atoms with E-state index in [4.69, 9.17) is 9.47 Å². The molecule has 0 heterocycles. The van der Waals surface area contributed by atoms with Gasteiger partial charge in [-0.25, -0.2) is 0 Å². The zero-order valence-corrected chi connectivity index (χ0v) is 13.9. The van der Waals surface area contributed by atoms with Gasteiger partial charge in [-0.3, -0.25) is 4.79 Å². The van der Waals surface area contributed by atoms with Gasteiger partial charge in [-0.05, 0) is 48.7 Å². The Labute approximate surface area is 137 Å². The zero-order chi connectivity index (χ0) is 16.7. The maximum Gasteiger partial charge on any atom is 0.224 e. The number of methoxy groups -OCH3 is 1. The van der Waals surface area contributed by atoms with Crippen molar-refractivity contribution in [1.29, 1.82) is 0 Å². The van der Waals surface area contributed by atoms with Gasteiger partial charge in [-0.2, -0.15) is 0 Å². The number of rotatable bonds is 7. The van der Waals surface area contributed by atoms with E-state index >= 15 is 0 Å². The van der Waals surface area contributed by atoms with Gasteiger partial charge in [0.15, 0.2) is 0 Å². The molecule has 0 aliphatic heterocycles. The molecule has 23 heavy (non-hydrogen) atoms. The molecule has 0 aromatic heterocycles. The topological polar surface area (TPSA) is 47.6 Å². The number of ether oxygens (including phenoxy) is 2. The van der Waals surface area contributed by atoms with E-state index in [1.165, 1.54) is 0 Å². The van der Waals surface area contributed by atoms with Crippen molar-refractivity contribution in [3.63, 3.8) is 0 Å². The van der Waals surface area contributed by atoms with E-state index < -0.39 is 0 Å². The summed E-state index contributed by atoms with van der Waals surface area (Å²) in [7, 11) is 1.64. The van der Waals surface area contributed by atoms with Crippen molar-refractivity contribution >= 4 is 5.91 Å². The molecule has 2 rings (SSSR count). The Hall–Kier alpha value is -2.49. The van der Waals surface area contributed by atoms with Gasteiger partial charge in [-0.15, -0.1) is 0 Å². The van der Waals surface area contributed by atoms with Crippen LogP contribution in [-0.4, -0.2) is 19.6 Å². The quantitative estimate of drug-likeness (QED) is 0.853. The van der Waals surface area contributed by atoms with Gasteiger partial charge < -0.3 is 14.8 Å². The van der Waals surface area contributed by atoms with E-state index in [9.17, 15) is 4.79 Å². The van der Waals surface area contributed by atoms with Crippen molar-refractivity contribution in [3.05, 3.63) is 59.2 Å². The lowest BCUT2D eigenvalue weighted by atomic mass is 10.1. The molecule has 0 aliphatic rings.